The van der Waals surface area contributed by atoms with Crippen molar-refractivity contribution in [3.05, 3.63) is 53.2 Å². The standard InChI is InChI=1S/C13H10F3NO2/c1-2-11-8(4-6-19-11)12(18)9-7-17-5-3-10(9)13(14,15)16/h3-7H,2H2,1H3. The van der Waals surface area contributed by atoms with Gasteiger partial charge in [-0.25, -0.2) is 0 Å². The summed E-state index contributed by atoms with van der Waals surface area (Å²) in [6, 6.07) is 2.16. The fraction of sp³-hybridized carbons (Fsp3) is 0.231. The molecule has 0 aliphatic rings. The van der Waals surface area contributed by atoms with Crippen LogP contribution in [0.15, 0.2) is 35.2 Å². The molecule has 0 amide bonds. The molecule has 0 atom stereocenters. The molecule has 2 aromatic rings. The first-order valence-corrected chi connectivity index (χ1v) is 5.57. The van der Waals surface area contributed by atoms with E-state index in [-0.39, 0.29) is 5.56 Å². The molecule has 2 aromatic heterocycles. The van der Waals surface area contributed by atoms with E-state index < -0.39 is 23.1 Å². The van der Waals surface area contributed by atoms with Crippen molar-refractivity contribution in [2.45, 2.75) is 19.5 Å². The summed E-state index contributed by atoms with van der Waals surface area (Å²) >= 11 is 0. The van der Waals surface area contributed by atoms with Gasteiger partial charge < -0.3 is 4.42 Å². The zero-order valence-corrected chi connectivity index (χ0v) is 9.99. The van der Waals surface area contributed by atoms with Crippen LogP contribution in [0.4, 0.5) is 13.2 Å². The molecule has 6 heteroatoms. The molecule has 0 unspecified atom stereocenters. The molecule has 0 aliphatic heterocycles. The summed E-state index contributed by atoms with van der Waals surface area (Å²) in [4.78, 5) is 15.7. The van der Waals surface area contributed by atoms with Crippen molar-refractivity contribution < 1.29 is 22.4 Å². The maximum Gasteiger partial charge on any atom is 0.417 e. The molecule has 2 rings (SSSR count). The van der Waals surface area contributed by atoms with Gasteiger partial charge in [-0.3, -0.25) is 9.78 Å². The summed E-state index contributed by atoms with van der Waals surface area (Å²) in [7, 11) is 0. The van der Waals surface area contributed by atoms with Crippen LogP contribution in [-0.2, 0) is 12.6 Å². The SMILES string of the molecule is CCc1occc1C(=O)c1cnccc1C(F)(F)F. The van der Waals surface area contributed by atoms with Crippen molar-refractivity contribution in [2.24, 2.45) is 0 Å². The van der Waals surface area contributed by atoms with Crippen LogP contribution in [0.1, 0.15) is 34.2 Å². The lowest BCUT2D eigenvalue weighted by atomic mass is 10.00. The molecule has 3 nitrogen and oxygen atoms in total. The van der Waals surface area contributed by atoms with E-state index in [1.54, 1.807) is 6.92 Å². The first kappa shape index (κ1) is 13.3. The number of aromatic nitrogens is 1. The molecule has 0 saturated carbocycles. The maximum atomic E-state index is 12.8. The second kappa shape index (κ2) is 4.87. The van der Waals surface area contributed by atoms with Crippen LogP contribution in [0.5, 0.6) is 0 Å². The van der Waals surface area contributed by atoms with Crippen LogP contribution in [0.2, 0.25) is 0 Å². The number of hydrogen-bond donors (Lipinski definition) is 0. The lowest BCUT2D eigenvalue weighted by Crippen LogP contribution is -2.14. The van der Waals surface area contributed by atoms with Crippen molar-refractivity contribution in [3.8, 4) is 0 Å². The first-order valence-electron chi connectivity index (χ1n) is 5.57. The Morgan fingerprint density at radius 3 is 2.68 bits per heavy atom. The lowest BCUT2D eigenvalue weighted by Gasteiger charge is -2.10. The highest BCUT2D eigenvalue weighted by Crippen LogP contribution is 2.32. The number of ketones is 1. The smallest absolute Gasteiger partial charge is 0.417 e. The molecule has 0 radical (unpaired) electrons. The number of rotatable bonds is 3. The summed E-state index contributed by atoms with van der Waals surface area (Å²) in [5.41, 5.74) is -1.32. The highest BCUT2D eigenvalue weighted by atomic mass is 19.4. The monoisotopic (exact) mass is 269 g/mol. The highest BCUT2D eigenvalue weighted by molar-refractivity contribution is 6.10. The van der Waals surface area contributed by atoms with E-state index in [1.807, 2.05) is 0 Å². The van der Waals surface area contributed by atoms with E-state index in [4.69, 9.17) is 4.42 Å². The minimum absolute atomic E-state index is 0.140. The van der Waals surface area contributed by atoms with E-state index >= 15 is 0 Å². The molecule has 0 saturated heterocycles. The molecule has 0 spiro atoms. The van der Waals surface area contributed by atoms with Crippen molar-refractivity contribution in [3.63, 3.8) is 0 Å². The normalized spacial score (nSPS) is 11.6. The third kappa shape index (κ3) is 2.52. The molecule has 19 heavy (non-hydrogen) atoms. The van der Waals surface area contributed by atoms with Gasteiger partial charge in [0.15, 0.2) is 5.78 Å². The molecular formula is C13H10F3NO2. The van der Waals surface area contributed by atoms with Crippen LogP contribution in [0.3, 0.4) is 0 Å². The third-order valence-corrected chi connectivity index (χ3v) is 2.68. The Labute approximate surface area is 107 Å². The Kier molecular flexibility index (Phi) is 3.42. The van der Waals surface area contributed by atoms with Crippen LogP contribution in [0, 0.1) is 0 Å². The number of hydrogen-bond acceptors (Lipinski definition) is 3. The van der Waals surface area contributed by atoms with Gasteiger partial charge in [0, 0.05) is 18.8 Å². The molecule has 100 valence electrons. The topological polar surface area (TPSA) is 43.1 Å². The molecule has 0 N–H and O–H groups in total. The average molecular weight is 269 g/mol. The zero-order chi connectivity index (χ0) is 14.0. The molecule has 0 fully saturated rings. The summed E-state index contributed by atoms with van der Waals surface area (Å²) in [5.74, 6) is -0.368. The summed E-state index contributed by atoms with van der Waals surface area (Å²) < 4.78 is 43.5. The van der Waals surface area contributed by atoms with Gasteiger partial charge in [-0.1, -0.05) is 6.92 Å². The number of aryl methyl sites for hydroxylation is 1. The van der Waals surface area contributed by atoms with E-state index in [0.717, 1.165) is 18.5 Å². The predicted molar refractivity (Wildman–Crippen MR) is 60.8 cm³/mol. The van der Waals surface area contributed by atoms with Crippen molar-refractivity contribution >= 4 is 5.78 Å². The van der Waals surface area contributed by atoms with Gasteiger partial charge in [0.1, 0.15) is 5.76 Å². The van der Waals surface area contributed by atoms with Crippen LogP contribution in [-0.4, -0.2) is 10.8 Å². The van der Waals surface area contributed by atoms with Gasteiger partial charge in [0.2, 0.25) is 0 Å². The Hall–Kier alpha value is -2.11. The van der Waals surface area contributed by atoms with Crippen LogP contribution < -0.4 is 0 Å². The molecule has 0 aliphatic carbocycles. The lowest BCUT2D eigenvalue weighted by molar-refractivity contribution is -0.137. The summed E-state index contributed by atoms with van der Waals surface area (Å²) in [5, 5.41) is 0. The number of furan rings is 1. The van der Waals surface area contributed by atoms with Gasteiger partial charge in [0.05, 0.1) is 23.0 Å². The van der Waals surface area contributed by atoms with E-state index in [0.29, 0.717) is 12.2 Å². The van der Waals surface area contributed by atoms with Crippen molar-refractivity contribution in [1.29, 1.82) is 0 Å². The number of carbonyl (C=O) groups is 1. The second-order valence-electron chi connectivity index (χ2n) is 3.86. The van der Waals surface area contributed by atoms with Crippen molar-refractivity contribution in [1.82, 2.24) is 4.98 Å². The van der Waals surface area contributed by atoms with Gasteiger partial charge in [-0.15, -0.1) is 0 Å². The number of halogens is 3. The first-order chi connectivity index (χ1) is 8.95. The zero-order valence-electron chi connectivity index (χ0n) is 9.99. The Morgan fingerprint density at radius 2 is 2.05 bits per heavy atom. The highest BCUT2D eigenvalue weighted by Gasteiger charge is 2.35. The summed E-state index contributed by atoms with van der Waals surface area (Å²) in [6.07, 6.45) is -0.942. The second-order valence-corrected chi connectivity index (χ2v) is 3.86. The maximum absolute atomic E-state index is 12.8. The molecule has 0 bridgehead atoms. The predicted octanol–water partition coefficient (Wildman–Crippen LogP) is 3.49. The number of nitrogens with zero attached hydrogens (tertiary/aromatic N) is 1. The number of pyridine rings is 1. The van der Waals surface area contributed by atoms with Gasteiger partial charge in [-0.05, 0) is 12.1 Å². The van der Waals surface area contributed by atoms with E-state index in [9.17, 15) is 18.0 Å². The minimum Gasteiger partial charge on any atom is -0.469 e. The Balaban J connectivity index is 2.51. The van der Waals surface area contributed by atoms with Gasteiger partial charge >= 0.3 is 6.18 Å². The minimum atomic E-state index is -4.59. The van der Waals surface area contributed by atoms with Crippen molar-refractivity contribution in [2.75, 3.05) is 0 Å². The van der Waals surface area contributed by atoms with E-state index in [1.165, 1.54) is 12.3 Å². The number of carbonyl (C=O) groups excluding carboxylic acids is 1. The molecule has 2 heterocycles. The van der Waals surface area contributed by atoms with Gasteiger partial charge in [-0.2, -0.15) is 13.2 Å². The molecular weight excluding hydrogens is 259 g/mol. The fourth-order valence-corrected chi connectivity index (χ4v) is 1.78. The fourth-order valence-electron chi connectivity index (χ4n) is 1.78. The average Bonchev–Trinajstić information content (AvgIpc) is 2.85. The molecule has 0 aromatic carbocycles. The quantitative estimate of drug-likeness (QED) is 0.801. The van der Waals surface area contributed by atoms with Crippen LogP contribution in [0.25, 0.3) is 0 Å². The van der Waals surface area contributed by atoms with Crippen LogP contribution >= 0.6 is 0 Å². The summed E-state index contributed by atoms with van der Waals surface area (Å²) in [6.45, 7) is 1.75. The van der Waals surface area contributed by atoms with Gasteiger partial charge in [0.25, 0.3) is 0 Å². The third-order valence-electron chi connectivity index (χ3n) is 2.68. The largest absolute Gasteiger partial charge is 0.469 e. The Morgan fingerprint density at radius 1 is 1.32 bits per heavy atom. The Bertz CT molecular complexity index is 602. The number of alkyl halides is 3. The van der Waals surface area contributed by atoms with E-state index in [2.05, 4.69) is 4.98 Å².